The fraction of sp³-hybridized carbons (Fsp3) is 0.333. The Morgan fingerprint density at radius 1 is 1.80 bits per heavy atom. The summed E-state index contributed by atoms with van der Waals surface area (Å²) in [5.74, 6) is 0.384. The molecule has 0 aliphatic carbocycles. The zero-order valence-corrected chi connectivity index (χ0v) is 5.37. The third kappa shape index (κ3) is 1.26. The van der Waals surface area contributed by atoms with Crippen molar-refractivity contribution in [2.45, 2.75) is 12.8 Å². The molecule has 0 aliphatic rings. The van der Waals surface area contributed by atoms with Gasteiger partial charge in [0.1, 0.15) is 6.26 Å². The van der Waals surface area contributed by atoms with Crippen molar-refractivity contribution in [2.24, 2.45) is 0 Å². The van der Waals surface area contributed by atoms with E-state index in [0.29, 0.717) is 18.7 Å². The smallest absolute Gasteiger partial charge is 0.170 e. The molecule has 0 radical (unpaired) electrons. The summed E-state index contributed by atoms with van der Waals surface area (Å²) < 4.78 is 4.56. The molecule has 0 fully saturated rings. The Morgan fingerprint density at radius 3 is 3.10 bits per heavy atom. The first-order valence-corrected chi connectivity index (χ1v) is 2.90. The fourth-order valence-electron chi connectivity index (χ4n) is 0.643. The molecule has 1 aromatic heterocycles. The lowest BCUT2D eigenvalue weighted by molar-refractivity contribution is 0.422. The number of anilines is 1. The molecular weight excluding hydrogens is 130 g/mol. The number of nitrogen functional groups attached to an aromatic ring is 1. The van der Waals surface area contributed by atoms with Gasteiger partial charge in [0.05, 0.1) is 6.07 Å². The third-order valence-electron chi connectivity index (χ3n) is 1.18. The molecule has 0 bridgehead atoms. The van der Waals surface area contributed by atoms with Crippen molar-refractivity contribution in [3.63, 3.8) is 0 Å². The van der Waals surface area contributed by atoms with Crippen molar-refractivity contribution >= 4 is 5.82 Å². The molecule has 10 heavy (non-hydrogen) atoms. The van der Waals surface area contributed by atoms with E-state index in [1.54, 1.807) is 0 Å². The summed E-state index contributed by atoms with van der Waals surface area (Å²) in [6, 6.07) is 2.01. The first kappa shape index (κ1) is 6.62. The standard InChI is InChI=1S/C6H7N3O/c7-3-1-2-5-4-10-9-6(5)8/h4H,1-2H2,(H2,8,9). The number of hydrogen-bond donors (Lipinski definition) is 1. The molecule has 1 aromatic rings. The lowest BCUT2D eigenvalue weighted by atomic mass is 10.2. The first-order valence-electron chi connectivity index (χ1n) is 2.90. The maximum atomic E-state index is 8.21. The van der Waals surface area contributed by atoms with Crippen LogP contribution < -0.4 is 5.73 Å². The number of aromatic nitrogens is 1. The molecule has 1 rings (SSSR count). The molecule has 0 spiro atoms. The lowest BCUT2D eigenvalue weighted by Crippen LogP contribution is -1.90. The average molecular weight is 137 g/mol. The van der Waals surface area contributed by atoms with E-state index in [4.69, 9.17) is 11.0 Å². The summed E-state index contributed by atoms with van der Waals surface area (Å²) in [7, 11) is 0. The second-order valence-corrected chi connectivity index (χ2v) is 1.88. The van der Waals surface area contributed by atoms with Gasteiger partial charge in [0, 0.05) is 12.0 Å². The van der Waals surface area contributed by atoms with Gasteiger partial charge in [-0.3, -0.25) is 0 Å². The predicted octanol–water partition coefficient (Wildman–Crippen LogP) is 0.713. The van der Waals surface area contributed by atoms with Crippen LogP contribution in [0.15, 0.2) is 10.8 Å². The Labute approximate surface area is 58.2 Å². The molecule has 4 heteroatoms. The Balaban J connectivity index is 2.59. The van der Waals surface area contributed by atoms with Crippen LogP contribution in [0.4, 0.5) is 5.82 Å². The summed E-state index contributed by atoms with van der Waals surface area (Å²) in [6.07, 6.45) is 2.53. The Bertz CT molecular complexity index is 248. The second-order valence-electron chi connectivity index (χ2n) is 1.88. The maximum Gasteiger partial charge on any atom is 0.170 e. The fourth-order valence-corrected chi connectivity index (χ4v) is 0.643. The van der Waals surface area contributed by atoms with Crippen LogP contribution in [0.1, 0.15) is 12.0 Å². The molecule has 0 atom stereocenters. The van der Waals surface area contributed by atoms with E-state index in [1.807, 2.05) is 6.07 Å². The van der Waals surface area contributed by atoms with Gasteiger partial charge in [-0.05, 0) is 6.42 Å². The van der Waals surface area contributed by atoms with Gasteiger partial charge in [-0.25, -0.2) is 0 Å². The van der Waals surface area contributed by atoms with Crippen LogP contribution in [0.5, 0.6) is 0 Å². The van der Waals surface area contributed by atoms with Crippen LogP contribution in [-0.4, -0.2) is 5.16 Å². The minimum atomic E-state index is 0.384. The summed E-state index contributed by atoms with van der Waals surface area (Å²) in [5.41, 5.74) is 6.17. The third-order valence-corrected chi connectivity index (χ3v) is 1.18. The summed E-state index contributed by atoms with van der Waals surface area (Å²) in [5, 5.41) is 11.7. The van der Waals surface area contributed by atoms with E-state index in [-0.39, 0.29) is 0 Å². The number of nitriles is 1. The largest absolute Gasteiger partial charge is 0.381 e. The summed E-state index contributed by atoms with van der Waals surface area (Å²) in [4.78, 5) is 0. The molecule has 0 unspecified atom stereocenters. The Hall–Kier alpha value is -1.50. The van der Waals surface area contributed by atoms with Crippen LogP contribution >= 0.6 is 0 Å². The number of nitrogens with two attached hydrogens (primary N) is 1. The van der Waals surface area contributed by atoms with E-state index >= 15 is 0 Å². The van der Waals surface area contributed by atoms with Gasteiger partial charge in [-0.15, -0.1) is 0 Å². The minimum absolute atomic E-state index is 0.384. The van der Waals surface area contributed by atoms with Crippen molar-refractivity contribution in [1.29, 1.82) is 5.26 Å². The quantitative estimate of drug-likeness (QED) is 0.651. The van der Waals surface area contributed by atoms with Crippen LogP contribution in [0.3, 0.4) is 0 Å². The monoisotopic (exact) mass is 137 g/mol. The first-order chi connectivity index (χ1) is 4.84. The van der Waals surface area contributed by atoms with Gasteiger partial charge in [0.15, 0.2) is 5.82 Å². The second kappa shape index (κ2) is 2.87. The Morgan fingerprint density at radius 2 is 2.60 bits per heavy atom. The zero-order chi connectivity index (χ0) is 7.40. The van der Waals surface area contributed by atoms with Gasteiger partial charge in [-0.1, -0.05) is 5.16 Å². The predicted molar refractivity (Wildman–Crippen MR) is 34.8 cm³/mol. The van der Waals surface area contributed by atoms with E-state index in [2.05, 4.69) is 9.68 Å². The van der Waals surface area contributed by atoms with Crippen molar-refractivity contribution in [3.05, 3.63) is 11.8 Å². The highest BCUT2D eigenvalue weighted by atomic mass is 16.5. The number of aryl methyl sites for hydroxylation is 1. The molecular formula is C6H7N3O. The highest BCUT2D eigenvalue weighted by molar-refractivity contribution is 5.35. The molecule has 0 amide bonds. The van der Waals surface area contributed by atoms with Crippen molar-refractivity contribution < 1.29 is 4.52 Å². The van der Waals surface area contributed by atoms with E-state index in [9.17, 15) is 0 Å². The minimum Gasteiger partial charge on any atom is -0.381 e. The topological polar surface area (TPSA) is 75.8 Å². The molecule has 1 heterocycles. The highest BCUT2D eigenvalue weighted by Crippen LogP contribution is 2.09. The normalized spacial score (nSPS) is 9.10. The van der Waals surface area contributed by atoms with Crippen LogP contribution in [0, 0.1) is 11.3 Å². The van der Waals surface area contributed by atoms with Gasteiger partial charge in [-0.2, -0.15) is 5.26 Å². The lowest BCUT2D eigenvalue weighted by Gasteiger charge is -1.87. The molecule has 2 N–H and O–H groups in total. The van der Waals surface area contributed by atoms with Gasteiger partial charge >= 0.3 is 0 Å². The highest BCUT2D eigenvalue weighted by Gasteiger charge is 2.01. The molecule has 0 saturated heterocycles. The number of nitrogens with zero attached hydrogens (tertiary/aromatic N) is 2. The van der Waals surface area contributed by atoms with E-state index < -0.39 is 0 Å². The SMILES string of the molecule is N#CCCc1conc1N. The van der Waals surface area contributed by atoms with Gasteiger partial charge < -0.3 is 10.3 Å². The van der Waals surface area contributed by atoms with Crippen molar-refractivity contribution in [2.75, 3.05) is 5.73 Å². The van der Waals surface area contributed by atoms with E-state index in [1.165, 1.54) is 6.26 Å². The van der Waals surface area contributed by atoms with Gasteiger partial charge in [0.25, 0.3) is 0 Å². The molecule has 52 valence electrons. The maximum absolute atomic E-state index is 8.21. The van der Waals surface area contributed by atoms with Gasteiger partial charge in [0.2, 0.25) is 0 Å². The van der Waals surface area contributed by atoms with Crippen molar-refractivity contribution in [1.82, 2.24) is 5.16 Å². The zero-order valence-electron chi connectivity index (χ0n) is 5.37. The number of hydrogen-bond acceptors (Lipinski definition) is 4. The average Bonchev–Trinajstić information content (AvgIpc) is 2.31. The van der Waals surface area contributed by atoms with E-state index in [0.717, 1.165) is 5.56 Å². The van der Waals surface area contributed by atoms with Crippen LogP contribution in [0.25, 0.3) is 0 Å². The molecule has 0 aliphatic heterocycles. The summed E-state index contributed by atoms with van der Waals surface area (Å²) in [6.45, 7) is 0. The number of rotatable bonds is 2. The summed E-state index contributed by atoms with van der Waals surface area (Å²) >= 11 is 0. The van der Waals surface area contributed by atoms with Crippen molar-refractivity contribution in [3.8, 4) is 6.07 Å². The molecule has 0 aromatic carbocycles. The molecule has 4 nitrogen and oxygen atoms in total. The van der Waals surface area contributed by atoms with Crippen LogP contribution in [-0.2, 0) is 6.42 Å². The van der Waals surface area contributed by atoms with Crippen LogP contribution in [0.2, 0.25) is 0 Å². The Kier molecular flexibility index (Phi) is 1.90. The molecule has 0 saturated carbocycles.